The van der Waals surface area contributed by atoms with E-state index in [1.165, 1.54) is 7.11 Å². The van der Waals surface area contributed by atoms with Crippen LogP contribution in [0.25, 0.3) is 0 Å². The van der Waals surface area contributed by atoms with Crippen LogP contribution in [0.1, 0.15) is 24.8 Å². The smallest absolute Gasteiger partial charge is 0.198 e. The van der Waals surface area contributed by atoms with Crippen molar-refractivity contribution in [2.24, 2.45) is 5.92 Å². The van der Waals surface area contributed by atoms with Crippen molar-refractivity contribution >= 4 is 15.9 Å². The fraction of sp³-hybridized carbons (Fsp3) is 0.727. The fourth-order valence-corrected chi connectivity index (χ4v) is 2.46. The zero-order valence-electron chi connectivity index (χ0n) is 9.80. The summed E-state index contributed by atoms with van der Waals surface area (Å²) >= 11 is 3.32. The average molecular weight is 305 g/mol. The normalized spacial score (nSPS) is 19.5. The molecule has 1 fully saturated rings. The van der Waals surface area contributed by atoms with Crippen LogP contribution >= 0.6 is 15.9 Å². The maximum absolute atomic E-state index is 9.72. The van der Waals surface area contributed by atoms with Gasteiger partial charge in [0.15, 0.2) is 6.29 Å². The first kappa shape index (κ1) is 13.0. The predicted octanol–water partition coefficient (Wildman–Crippen LogP) is 1.71. The highest BCUT2D eigenvalue weighted by molar-refractivity contribution is 9.10. The maximum Gasteiger partial charge on any atom is 0.198 e. The predicted molar refractivity (Wildman–Crippen MR) is 65.4 cm³/mol. The molecule has 1 aliphatic heterocycles. The standard InChI is InChI=1S/C11H17BrN2O3/c1-16-11(15)9-6-10(12)13-14(9)7-8-2-4-17-5-3-8/h6,8,11,15H,2-5,7H2,1H3. The van der Waals surface area contributed by atoms with Crippen molar-refractivity contribution in [2.75, 3.05) is 20.3 Å². The van der Waals surface area contributed by atoms with Crippen molar-refractivity contribution in [3.63, 3.8) is 0 Å². The third-order valence-electron chi connectivity index (χ3n) is 3.03. The first-order chi connectivity index (χ1) is 8.20. The Morgan fingerprint density at radius 2 is 2.35 bits per heavy atom. The summed E-state index contributed by atoms with van der Waals surface area (Å²) in [6, 6.07) is 1.79. The molecule has 1 aliphatic rings. The van der Waals surface area contributed by atoms with Gasteiger partial charge in [-0.25, -0.2) is 0 Å². The van der Waals surface area contributed by atoms with Crippen LogP contribution in [0.3, 0.4) is 0 Å². The summed E-state index contributed by atoms with van der Waals surface area (Å²) in [5.74, 6) is 0.554. The highest BCUT2D eigenvalue weighted by Gasteiger charge is 2.19. The number of halogens is 1. The molecule has 1 unspecified atom stereocenters. The number of nitrogens with zero attached hydrogens (tertiary/aromatic N) is 2. The van der Waals surface area contributed by atoms with Crippen LogP contribution in [0.5, 0.6) is 0 Å². The zero-order valence-corrected chi connectivity index (χ0v) is 11.4. The first-order valence-electron chi connectivity index (χ1n) is 5.72. The number of rotatable bonds is 4. The van der Waals surface area contributed by atoms with Crippen LogP contribution in [-0.2, 0) is 16.0 Å². The molecule has 0 aliphatic carbocycles. The van der Waals surface area contributed by atoms with Crippen molar-refractivity contribution in [1.82, 2.24) is 9.78 Å². The molecule has 0 radical (unpaired) electrons. The van der Waals surface area contributed by atoms with Gasteiger partial charge >= 0.3 is 0 Å². The fourth-order valence-electron chi connectivity index (χ4n) is 2.04. The van der Waals surface area contributed by atoms with Gasteiger partial charge in [0.1, 0.15) is 4.60 Å². The van der Waals surface area contributed by atoms with Gasteiger partial charge in [0, 0.05) is 26.9 Å². The summed E-state index contributed by atoms with van der Waals surface area (Å²) in [5.41, 5.74) is 0.686. The highest BCUT2D eigenvalue weighted by Crippen LogP contribution is 2.22. The molecule has 0 amide bonds. The van der Waals surface area contributed by atoms with Gasteiger partial charge in [-0.05, 0) is 40.8 Å². The van der Waals surface area contributed by atoms with Crippen LogP contribution in [0.15, 0.2) is 10.7 Å². The number of hydrogen-bond acceptors (Lipinski definition) is 4. The lowest BCUT2D eigenvalue weighted by atomic mass is 10.0. The van der Waals surface area contributed by atoms with Crippen LogP contribution in [0.4, 0.5) is 0 Å². The van der Waals surface area contributed by atoms with Crippen molar-refractivity contribution in [2.45, 2.75) is 25.7 Å². The molecule has 0 spiro atoms. The molecule has 1 N–H and O–H groups in total. The highest BCUT2D eigenvalue weighted by atomic mass is 79.9. The second-order valence-corrected chi connectivity index (χ2v) is 5.03. The molecule has 1 saturated heterocycles. The molecule has 1 aromatic rings. The summed E-state index contributed by atoms with van der Waals surface area (Å²) in [6.07, 6.45) is 1.16. The Bertz CT molecular complexity index is 364. The molecular weight excluding hydrogens is 288 g/mol. The van der Waals surface area contributed by atoms with E-state index in [2.05, 4.69) is 21.0 Å². The Kier molecular flexibility index (Phi) is 4.55. The van der Waals surface area contributed by atoms with Gasteiger partial charge in [-0.15, -0.1) is 0 Å². The quantitative estimate of drug-likeness (QED) is 0.861. The number of aromatic nitrogens is 2. The Hall–Kier alpha value is -0.430. The molecular formula is C11H17BrN2O3. The minimum Gasteiger partial charge on any atom is -0.381 e. The van der Waals surface area contributed by atoms with E-state index in [-0.39, 0.29) is 0 Å². The van der Waals surface area contributed by atoms with Crippen LogP contribution in [0, 0.1) is 5.92 Å². The second-order valence-electron chi connectivity index (χ2n) is 4.22. The number of hydrogen-bond donors (Lipinski definition) is 1. The van der Waals surface area contributed by atoms with E-state index >= 15 is 0 Å². The van der Waals surface area contributed by atoms with E-state index in [0.717, 1.165) is 37.2 Å². The summed E-state index contributed by atoms with van der Waals surface area (Å²) in [6.45, 7) is 2.43. The third kappa shape index (κ3) is 3.28. The van der Waals surface area contributed by atoms with Crippen molar-refractivity contribution in [3.05, 3.63) is 16.4 Å². The van der Waals surface area contributed by atoms with E-state index in [4.69, 9.17) is 9.47 Å². The van der Waals surface area contributed by atoms with E-state index < -0.39 is 6.29 Å². The average Bonchev–Trinajstić information content (AvgIpc) is 2.70. The molecule has 6 heteroatoms. The molecule has 17 heavy (non-hydrogen) atoms. The van der Waals surface area contributed by atoms with Gasteiger partial charge in [-0.1, -0.05) is 0 Å². The van der Waals surface area contributed by atoms with Gasteiger partial charge < -0.3 is 14.6 Å². The maximum atomic E-state index is 9.72. The summed E-state index contributed by atoms with van der Waals surface area (Å²) < 4.78 is 12.8. The minimum atomic E-state index is -0.923. The topological polar surface area (TPSA) is 56.5 Å². The van der Waals surface area contributed by atoms with Crippen molar-refractivity contribution in [1.29, 1.82) is 0 Å². The number of methoxy groups -OCH3 is 1. The van der Waals surface area contributed by atoms with Gasteiger partial charge in [0.25, 0.3) is 0 Å². The molecule has 1 aromatic heterocycles. The molecule has 0 bridgehead atoms. The molecule has 2 heterocycles. The summed E-state index contributed by atoms with van der Waals surface area (Å²) in [4.78, 5) is 0. The van der Waals surface area contributed by atoms with E-state index in [1.54, 1.807) is 6.07 Å². The van der Waals surface area contributed by atoms with E-state index in [0.29, 0.717) is 11.6 Å². The molecule has 0 aromatic carbocycles. The lowest BCUT2D eigenvalue weighted by Gasteiger charge is -2.23. The third-order valence-corrected chi connectivity index (χ3v) is 3.42. The molecule has 1 atom stereocenters. The zero-order chi connectivity index (χ0) is 12.3. The van der Waals surface area contributed by atoms with E-state index in [1.807, 2.05) is 4.68 Å². The van der Waals surface area contributed by atoms with Gasteiger partial charge in [-0.2, -0.15) is 5.10 Å². The van der Waals surface area contributed by atoms with Gasteiger partial charge in [0.05, 0.1) is 5.69 Å². The largest absolute Gasteiger partial charge is 0.381 e. The number of ether oxygens (including phenoxy) is 2. The molecule has 5 nitrogen and oxygen atoms in total. The van der Waals surface area contributed by atoms with Crippen molar-refractivity contribution in [3.8, 4) is 0 Å². The van der Waals surface area contributed by atoms with Crippen LogP contribution in [-0.4, -0.2) is 35.2 Å². The van der Waals surface area contributed by atoms with Crippen LogP contribution in [0.2, 0.25) is 0 Å². The monoisotopic (exact) mass is 304 g/mol. The second kappa shape index (κ2) is 5.95. The summed E-state index contributed by atoms with van der Waals surface area (Å²) in [7, 11) is 1.48. The lowest BCUT2D eigenvalue weighted by molar-refractivity contribution is -0.0832. The number of aliphatic hydroxyl groups excluding tert-OH is 1. The molecule has 0 saturated carbocycles. The number of aliphatic hydroxyl groups is 1. The van der Waals surface area contributed by atoms with Crippen LogP contribution < -0.4 is 0 Å². The molecule has 96 valence electrons. The Balaban J connectivity index is 2.08. The SMILES string of the molecule is COC(O)c1cc(Br)nn1CC1CCOCC1. The van der Waals surface area contributed by atoms with Gasteiger partial charge in [-0.3, -0.25) is 4.68 Å². The first-order valence-corrected chi connectivity index (χ1v) is 6.52. The lowest BCUT2D eigenvalue weighted by Crippen LogP contribution is -2.22. The Labute approximate surface area is 109 Å². The Morgan fingerprint density at radius 3 is 3.00 bits per heavy atom. The minimum absolute atomic E-state index is 0.554. The van der Waals surface area contributed by atoms with E-state index in [9.17, 15) is 5.11 Å². The van der Waals surface area contributed by atoms with Gasteiger partial charge in [0.2, 0.25) is 0 Å². The Morgan fingerprint density at radius 1 is 1.65 bits per heavy atom. The molecule has 2 rings (SSSR count). The summed E-state index contributed by atoms with van der Waals surface area (Å²) in [5, 5.41) is 14.1. The van der Waals surface area contributed by atoms with Crippen molar-refractivity contribution < 1.29 is 14.6 Å².